The third-order valence-corrected chi connectivity index (χ3v) is 3.97. The second kappa shape index (κ2) is 6.32. The average molecular weight is 207 g/mol. The van der Waals surface area contributed by atoms with Crippen LogP contribution in [0.2, 0.25) is 0 Å². The van der Waals surface area contributed by atoms with Gasteiger partial charge in [-0.05, 0) is 57.0 Å². The molecule has 2 rings (SSSR count). The lowest BCUT2D eigenvalue weighted by atomic mass is 9.89. The van der Waals surface area contributed by atoms with Crippen LogP contribution in [0.5, 0.6) is 0 Å². The van der Waals surface area contributed by atoms with Gasteiger partial charge >= 0.3 is 0 Å². The topological polar surface area (TPSA) is 12.0 Å². The molecule has 0 aliphatic heterocycles. The molecule has 1 fully saturated rings. The van der Waals surface area contributed by atoms with E-state index in [1.54, 1.807) is 0 Å². The first-order chi connectivity index (χ1) is 7.45. The minimum atomic E-state index is 0.915. The van der Waals surface area contributed by atoms with Crippen molar-refractivity contribution >= 4 is 0 Å². The zero-order valence-electron chi connectivity index (χ0n) is 9.88. The average Bonchev–Trinajstić information content (AvgIpc) is 2.32. The third kappa shape index (κ3) is 3.98. The van der Waals surface area contributed by atoms with Crippen molar-refractivity contribution in [3.63, 3.8) is 0 Å². The van der Waals surface area contributed by atoms with Gasteiger partial charge in [-0.2, -0.15) is 0 Å². The van der Waals surface area contributed by atoms with E-state index in [4.69, 9.17) is 0 Å². The molecule has 0 heterocycles. The molecule has 1 atom stereocenters. The van der Waals surface area contributed by atoms with Gasteiger partial charge < -0.3 is 5.32 Å². The molecule has 0 spiro atoms. The summed E-state index contributed by atoms with van der Waals surface area (Å²) in [6, 6.07) is 0. The first-order valence-corrected chi connectivity index (χ1v) is 6.81. The summed E-state index contributed by atoms with van der Waals surface area (Å²) in [5.74, 6) is 1.90. The molecule has 2 aliphatic rings. The molecule has 0 aromatic rings. The number of nitrogens with one attached hydrogen (secondary N) is 1. The lowest BCUT2D eigenvalue weighted by Gasteiger charge is -2.24. The molecule has 1 saturated carbocycles. The molecule has 0 aromatic carbocycles. The fourth-order valence-electron chi connectivity index (χ4n) is 2.92. The largest absolute Gasteiger partial charge is 0.316 e. The molecule has 0 amide bonds. The van der Waals surface area contributed by atoms with Crippen molar-refractivity contribution in [1.82, 2.24) is 5.32 Å². The van der Waals surface area contributed by atoms with Gasteiger partial charge in [-0.3, -0.25) is 0 Å². The Morgan fingerprint density at radius 2 is 1.67 bits per heavy atom. The fourth-order valence-corrected chi connectivity index (χ4v) is 2.92. The Balaban J connectivity index is 1.55. The van der Waals surface area contributed by atoms with Gasteiger partial charge in [0, 0.05) is 0 Å². The van der Waals surface area contributed by atoms with Crippen molar-refractivity contribution in [2.75, 3.05) is 13.1 Å². The first-order valence-electron chi connectivity index (χ1n) is 6.81. The van der Waals surface area contributed by atoms with E-state index in [1.807, 2.05) is 0 Å². The SMILES string of the molecule is C1=CCC(CNCC2CCCCC2)CC1. The molecule has 1 heteroatoms. The van der Waals surface area contributed by atoms with E-state index >= 15 is 0 Å². The van der Waals surface area contributed by atoms with E-state index in [0.717, 1.165) is 11.8 Å². The second-order valence-electron chi connectivity index (χ2n) is 5.31. The van der Waals surface area contributed by atoms with Gasteiger partial charge in [0.1, 0.15) is 0 Å². The van der Waals surface area contributed by atoms with Crippen LogP contribution >= 0.6 is 0 Å². The quantitative estimate of drug-likeness (QED) is 0.696. The molecule has 1 N–H and O–H groups in total. The van der Waals surface area contributed by atoms with Gasteiger partial charge in [0.15, 0.2) is 0 Å². The summed E-state index contributed by atoms with van der Waals surface area (Å²) in [5, 5.41) is 3.69. The van der Waals surface area contributed by atoms with Gasteiger partial charge in [-0.25, -0.2) is 0 Å². The summed E-state index contributed by atoms with van der Waals surface area (Å²) in [5.41, 5.74) is 0. The highest BCUT2D eigenvalue weighted by Crippen LogP contribution is 2.23. The van der Waals surface area contributed by atoms with Crippen molar-refractivity contribution < 1.29 is 0 Å². The molecular weight excluding hydrogens is 182 g/mol. The van der Waals surface area contributed by atoms with Crippen LogP contribution in [0, 0.1) is 11.8 Å². The van der Waals surface area contributed by atoms with E-state index in [0.29, 0.717) is 0 Å². The van der Waals surface area contributed by atoms with Crippen LogP contribution in [-0.4, -0.2) is 13.1 Å². The summed E-state index contributed by atoms with van der Waals surface area (Å²) in [6.07, 6.45) is 16.0. The predicted octanol–water partition coefficient (Wildman–Crippen LogP) is 3.51. The van der Waals surface area contributed by atoms with Crippen LogP contribution in [0.1, 0.15) is 51.4 Å². The number of hydrogen-bond donors (Lipinski definition) is 1. The normalized spacial score (nSPS) is 28.1. The smallest absolute Gasteiger partial charge is 0.00173 e. The van der Waals surface area contributed by atoms with Gasteiger partial charge in [-0.15, -0.1) is 0 Å². The van der Waals surface area contributed by atoms with Crippen molar-refractivity contribution in [2.45, 2.75) is 51.4 Å². The van der Waals surface area contributed by atoms with E-state index in [9.17, 15) is 0 Å². The lowest BCUT2D eigenvalue weighted by Crippen LogP contribution is -2.29. The van der Waals surface area contributed by atoms with Crippen LogP contribution in [-0.2, 0) is 0 Å². The molecule has 86 valence electrons. The minimum absolute atomic E-state index is 0.915. The highest BCUT2D eigenvalue weighted by Gasteiger charge is 2.14. The maximum atomic E-state index is 3.69. The Morgan fingerprint density at radius 1 is 0.867 bits per heavy atom. The van der Waals surface area contributed by atoms with Crippen LogP contribution in [0.15, 0.2) is 12.2 Å². The van der Waals surface area contributed by atoms with Gasteiger partial charge in [0.2, 0.25) is 0 Å². The summed E-state index contributed by atoms with van der Waals surface area (Å²) < 4.78 is 0. The van der Waals surface area contributed by atoms with Gasteiger partial charge in [0.25, 0.3) is 0 Å². The summed E-state index contributed by atoms with van der Waals surface area (Å²) in [4.78, 5) is 0. The molecule has 1 nitrogen and oxygen atoms in total. The fraction of sp³-hybridized carbons (Fsp3) is 0.857. The Hall–Kier alpha value is -0.300. The minimum Gasteiger partial charge on any atom is -0.316 e. The molecular formula is C14H25N. The standard InChI is InChI=1S/C14H25N/c1-3-7-13(8-4-1)11-15-12-14-9-5-2-6-10-14/h1,3,13-15H,2,4-12H2. The first kappa shape index (κ1) is 11.2. The molecule has 0 bridgehead atoms. The zero-order chi connectivity index (χ0) is 10.3. The molecule has 0 saturated heterocycles. The number of rotatable bonds is 4. The Bertz CT molecular complexity index is 192. The summed E-state index contributed by atoms with van der Waals surface area (Å²) in [6.45, 7) is 2.53. The zero-order valence-corrected chi connectivity index (χ0v) is 9.88. The van der Waals surface area contributed by atoms with Crippen molar-refractivity contribution in [1.29, 1.82) is 0 Å². The maximum Gasteiger partial charge on any atom is -0.00173 e. The van der Waals surface area contributed by atoms with E-state index in [-0.39, 0.29) is 0 Å². The Kier molecular flexibility index (Phi) is 4.72. The van der Waals surface area contributed by atoms with Crippen LogP contribution < -0.4 is 5.32 Å². The molecule has 15 heavy (non-hydrogen) atoms. The van der Waals surface area contributed by atoms with Crippen LogP contribution in [0.25, 0.3) is 0 Å². The molecule has 0 aromatic heterocycles. The lowest BCUT2D eigenvalue weighted by molar-refractivity contribution is 0.328. The van der Waals surface area contributed by atoms with Gasteiger partial charge in [0.05, 0.1) is 0 Å². The Morgan fingerprint density at radius 3 is 2.40 bits per heavy atom. The second-order valence-corrected chi connectivity index (χ2v) is 5.31. The van der Waals surface area contributed by atoms with E-state index in [2.05, 4.69) is 17.5 Å². The predicted molar refractivity (Wildman–Crippen MR) is 65.9 cm³/mol. The highest BCUT2D eigenvalue weighted by atomic mass is 14.9. The van der Waals surface area contributed by atoms with E-state index < -0.39 is 0 Å². The number of allylic oxidation sites excluding steroid dienone is 2. The molecule has 1 unspecified atom stereocenters. The van der Waals surface area contributed by atoms with Gasteiger partial charge in [-0.1, -0.05) is 31.4 Å². The van der Waals surface area contributed by atoms with Crippen LogP contribution in [0.3, 0.4) is 0 Å². The third-order valence-electron chi connectivity index (χ3n) is 3.97. The molecule has 0 radical (unpaired) electrons. The van der Waals surface area contributed by atoms with Crippen molar-refractivity contribution in [3.8, 4) is 0 Å². The number of hydrogen-bond acceptors (Lipinski definition) is 1. The van der Waals surface area contributed by atoms with Crippen molar-refractivity contribution in [2.24, 2.45) is 11.8 Å². The summed E-state index contributed by atoms with van der Waals surface area (Å²) in [7, 11) is 0. The highest BCUT2D eigenvalue weighted by molar-refractivity contribution is 4.90. The Labute approximate surface area is 94.3 Å². The molecule has 2 aliphatic carbocycles. The maximum absolute atomic E-state index is 3.69. The summed E-state index contributed by atoms with van der Waals surface area (Å²) >= 11 is 0. The van der Waals surface area contributed by atoms with E-state index in [1.165, 1.54) is 64.5 Å². The van der Waals surface area contributed by atoms with Crippen molar-refractivity contribution in [3.05, 3.63) is 12.2 Å². The monoisotopic (exact) mass is 207 g/mol. The van der Waals surface area contributed by atoms with Crippen LogP contribution in [0.4, 0.5) is 0 Å².